The van der Waals surface area contributed by atoms with Crippen LogP contribution in [0.1, 0.15) is 19.9 Å². The van der Waals surface area contributed by atoms with Crippen molar-refractivity contribution in [2.75, 3.05) is 0 Å². The molecular formula is C11H10Br2ClN3O2S. The summed E-state index contributed by atoms with van der Waals surface area (Å²) in [5.41, 5.74) is 0.735. The lowest BCUT2D eigenvalue weighted by atomic mass is 10.2. The molecule has 20 heavy (non-hydrogen) atoms. The van der Waals surface area contributed by atoms with Crippen LogP contribution in [0.15, 0.2) is 32.3 Å². The van der Waals surface area contributed by atoms with Gasteiger partial charge in [-0.15, -0.1) is 10.2 Å². The van der Waals surface area contributed by atoms with Crippen LogP contribution < -0.4 is 0 Å². The third-order valence-corrected chi connectivity index (χ3v) is 4.56. The van der Waals surface area contributed by atoms with E-state index < -0.39 is 9.05 Å². The van der Waals surface area contributed by atoms with Gasteiger partial charge in [-0.2, -0.15) is 0 Å². The van der Waals surface area contributed by atoms with Gasteiger partial charge in [0.2, 0.25) is 0 Å². The number of halogens is 3. The molecule has 1 aromatic carbocycles. The third kappa shape index (κ3) is 3.24. The van der Waals surface area contributed by atoms with Gasteiger partial charge in [-0.1, -0.05) is 31.9 Å². The number of hydrogen-bond donors (Lipinski definition) is 0. The van der Waals surface area contributed by atoms with E-state index in [1.54, 1.807) is 0 Å². The normalized spacial score (nSPS) is 12.1. The lowest BCUT2D eigenvalue weighted by molar-refractivity contribution is 0.530. The number of hydrogen-bond acceptors (Lipinski definition) is 4. The van der Waals surface area contributed by atoms with Crippen molar-refractivity contribution in [2.45, 2.75) is 25.0 Å². The fourth-order valence-corrected chi connectivity index (χ4v) is 4.07. The van der Waals surface area contributed by atoms with E-state index in [1.165, 1.54) is 4.57 Å². The van der Waals surface area contributed by atoms with Crippen LogP contribution in [0.5, 0.6) is 0 Å². The first kappa shape index (κ1) is 15.9. The van der Waals surface area contributed by atoms with E-state index in [0.29, 0.717) is 5.82 Å². The molecule has 5 nitrogen and oxygen atoms in total. The average molecular weight is 444 g/mol. The Bertz CT molecular complexity index is 739. The first-order valence-electron chi connectivity index (χ1n) is 5.56. The maximum Gasteiger partial charge on any atom is 0.296 e. The maximum atomic E-state index is 11.6. The summed E-state index contributed by atoms with van der Waals surface area (Å²) in [5.74, 6) is 0.446. The van der Waals surface area contributed by atoms with Gasteiger partial charge in [-0.05, 0) is 32.0 Å². The molecule has 0 aliphatic heterocycles. The van der Waals surface area contributed by atoms with Gasteiger partial charge in [0.1, 0.15) is 0 Å². The molecule has 0 spiro atoms. The summed E-state index contributed by atoms with van der Waals surface area (Å²) >= 11 is 6.77. The highest BCUT2D eigenvalue weighted by atomic mass is 79.9. The molecule has 1 heterocycles. The molecule has 0 saturated carbocycles. The Hall–Kier alpha value is -0.440. The Morgan fingerprint density at radius 1 is 1.15 bits per heavy atom. The molecule has 2 rings (SSSR count). The molecule has 0 fully saturated rings. The van der Waals surface area contributed by atoms with Crippen molar-refractivity contribution in [3.05, 3.63) is 27.1 Å². The molecule has 0 radical (unpaired) electrons. The van der Waals surface area contributed by atoms with Gasteiger partial charge in [-0.25, -0.2) is 8.42 Å². The molecule has 2 aromatic rings. The minimum Gasteiger partial charge on any atom is -0.294 e. The minimum atomic E-state index is -3.95. The number of nitrogens with zero attached hydrogens (tertiary/aromatic N) is 3. The quantitative estimate of drug-likeness (QED) is 0.673. The molecule has 0 unspecified atom stereocenters. The summed E-state index contributed by atoms with van der Waals surface area (Å²) in [6.07, 6.45) is 0. The molecule has 9 heteroatoms. The molecule has 0 atom stereocenters. The second-order valence-electron chi connectivity index (χ2n) is 4.37. The Balaban J connectivity index is 2.72. The van der Waals surface area contributed by atoms with Crippen molar-refractivity contribution >= 4 is 51.6 Å². The van der Waals surface area contributed by atoms with E-state index in [1.807, 2.05) is 32.0 Å². The highest BCUT2D eigenvalue weighted by Gasteiger charge is 2.25. The van der Waals surface area contributed by atoms with Gasteiger partial charge >= 0.3 is 0 Å². The standard InChI is InChI=1S/C11H10Br2ClN3O2S/c1-6(2)17-10(15-16-11(17)20(14,18)19)7-3-8(12)5-9(13)4-7/h3-6H,1-2H3. The Labute approximate surface area is 138 Å². The van der Waals surface area contributed by atoms with Crippen LogP contribution in [0.2, 0.25) is 0 Å². The fraction of sp³-hybridized carbons (Fsp3) is 0.273. The van der Waals surface area contributed by atoms with Gasteiger partial charge in [0, 0.05) is 31.2 Å². The molecule has 0 saturated heterocycles. The lowest BCUT2D eigenvalue weighted by Crippen LogP contribution is -2.10. The van der Waals surface area contributed by atoms with Crippen molar-refractivity contribution < 1.29 is 8.42 Å². The predicted octanol–water partition coefficient (Wildman–Crippen LogP) is 3.98. The average Bonchev–Trinajstić information content (AvgIpc) is 2.71. The molecule has 0 aliphatic carbocycles. The molecule has 108 valence electrons. The highest BCUT2D eigenvalue weighted by molar-refractivity contribution is 9.11. The second-order valence-corrected chi connectivity index (χ2v) is 8.66. The van der Waals surface area contributed by atoms with Crippen molar-refractivity contribution in [2.24, 2.45) is 0 Å². The minimum absolute atomic E-state index is 0.152. The largest absolute Gasteiger partial charge is 0.296 e. The van der Waals surface area contributed by atoms with Crippen LogP contribution in [0, 0.1) is 0 Å². The van der Waals surface area contributed by atoms with Crippen molar-refractivity contribution in [3.63, 3.8) is 0 Å². The number of benzene rings is 1. The zero-order valence-corrected chi connectivity index (χ0v) is 15.3. The number of aromatic nitrogens is 3. The molecule has 0 bridgehead atoms. The SMILES string of the molecule is CC(C)n1c(-c2cc(Br)cc(Br)c2)nnc1S(=O)(=O)Cl. The summed E-state index contributed by atoms with van der Waals surface area (Å²) < 4.78 is 26.3. The van der Waals surface area contributed by atoms with Crippen LogP contribution in [0.3, 0.4) is 0 Å². The summed E-state index contributed by atoms with van der Waals surface area (Å²) in [6, 6.07) is 5.39. The smallest absolute Gasteiger partial charge is 0.294 e. The summed E-state index contributed by atoms with van der Waals surface area (Å²) in [6.45, 7) is 3.68. The highest BCUT2D eigenvalue weighted by Crippen LogP contribution is 2.30. The Morgan fingerprint density at radius 2 is 1.70 bits per heavy atom. The fourth-order valence-electron chi connectivity index (χ4n) is 1.79. The first-order chi connectivity index (χ1) is 9.20. The van der Waals surface area contributed by atoms with Crippen molar-refractivity contribution in [3.8, 4) is 11.4 Å². The molecule has 0 N–H and O–H groups in total. The van der Waals surface area contributed by atoms with Crippen molar-refractivity contribution in [1.29, 1.82) is 0 Å². The van der Waals surface area contributed by atoms with E-state index in [0.717, 1.165) is 14.5 Å². The van der Waals surface area contributed by atoms with E-state index in [2.05, 4.69) is 42.1 Å². The van der Waals surface area contributed by atoms with Gasteiger partial charge in [0.05, 0.1) is 0 Å². The summed E-state index contributed by atoms with van der Waals surface area (Å²) in [4.78, 5) is 0. The topological polar surface area (TPSA) is 64.8 Å². The van der Waals surface area contributed by atoms with Crippen LogP contribution >= 0.6 is 42.5 Å². The Kier molecular flexibility index (Phi) is 4.58. The zero-order chi connectivity index (χ0) is 15.1. The van der Waals surface area contributed by atoms with E-state index in [4.69, 9.17) is 10.7 Å². The van der Waals surface area contributed by atoms with Crippen LogP contribution in [0.25, 0.3) is 11.4 Å². The zero-order valence-electron chi connectivity index (χ0n) is 10.5. The van der Waals surface area contributed by atoms with E-state index >= 15 is 0 Å². The monoisotopic (exact) mass is 441 g/mol. The van der Waals surface area contributed by atoms with Crippen LogP contribution in [-0.4, -0.2) is 23.2 Å². The second kappa shape index (κ2) is 5.75. The molecular weight excluding hydrogens is 433 g/mol. The van der Waals surface area contributed by atoms with Crippen LogP contribution in [-0.2, 0) is 9.05 Å². The first-order valence-corrected chi connectivity index (χ1v) is 9.45. The van der Waals surface area contributed by atoms with E-state index in [-0.39, 0.29) is 11.2 Å². The lowest BCUT2D eigenvalue weighted by Gasteiger charge is -2.13. The molecule has 1 aromatic heterocycles. The van der Waals surface area contributed by atoms with E-state index in [9.17, 15) is 8.42 Å². The van der Waals surface area contributed by atoms with Gasteiger partial charge in [-0.3, -0.25) is 4.57 Å². The summed E-state index contributed by atoms with van der Waals surface area (Å²) in [5, 5.41) is 7.42. The van der Waals surface area contributed by atoms with Gasteiger partial charge in [0.25, 0.3) is 14.2 Å². The molecule has 0 aliphatic rings. The Morgan fingerprint density at radius 3 is 2.15 bits per heavy atom. The van der Waals surface area contributed by atoms with Crippen molar-refractivity contribution in [1.82, 2.24) is 14.8 Å². The van der Waals surface area contributed by atoms with Crippen LogP contribution in [0.4, 0.5) is 0 Å². The van der Waals surface area contributed by atoms with Gasteiger partial charge in [0.15, 0.2) is 5.82 Å². The maximum absolute atomic E-state index is 11.6. The third-order valence-electron chi connectivity index (χ3n) is 2.52. The van der Waals surface area contributed by atoms with Gasteiger partial charge < -0.3 is 0 Å². The molecule has 0 amide bonds. The summed E-state index contributed by atoms with van der Waals surface area (Å²) in [7, 11) is 1.45. The predicted molar refractivity (Wildman–Crippen MR) is 84.3 cm³/mol. The number of rotatable bonds is 3.